The highest BCUT2D eigenvalue weighted by atomic mass is 16.6. The van der Waals surface area contributed by atoms with Crippen LogP contribution in [-0.4, -0.2) is 48.1 Å². The second-order valence-electron chi connectivity index (χ2n) is 12.2. The van der Waals surface area contributed by atoms with E-state index in [1.54, 1.807) is 57.0 Å². The topological polar surface area (TPSA) is 97.0 Å². The van der Waals surface area contributed by atoms with E-state index in [-0.39, 0.29) is 17.7 Å². The Morgan fingerprint density at radius 3 is 2.14 bits per heavy atom. The van der Waals surface area contributed by atoms with Crippen LogP contribution in [0.15, 0.2) is 42.5 Å². The number of amides is 3. The van der Waals surface area contributed by atoms with Crippen LogP contribution < -0.4 is 15.4 Å². The lowest BCUT2D eigenvalue weighted by molar-refractivity contribution is -0.141. The number of nitrogens with one attached hydrogen (secondary N) is 2. The molecule has 0 spiro atoms. The molecular weight excluding hydrogens is 530 g/mol. The molecule has 8 heteroatoms. The molecular formula is C34H51N3O5. The molecule has 0 saturated carbocycles. The lowest BCUT2D eigenvalue weighted by Crippen LogP contribution is -2.54. The summed E-state index contributed by atoms with van der Waals surface area (Å²) in [4.78, 5) is 43.0. The third-order valence-electron chi connectivity index (χ3n) is 7.25. The number of benzene rings is 2. The number of alkyl carbamates (subject to hydrolysis) is 1. The van der Waals surface area contributed by atoms with Crippen molar-refractivity contribution in [2.45, 2.75) is 105 Å². The summed E-state index contributed by atoms with van der Waals surface area (Å²) in [5.41, 5.74) is 2.60. The monoisotopic (exact) mass is 581 g/mol. The highest BCUT2D eigenvalue weighted by molar-refractivity contribution is 5.99. The molecule has 0 fully saturated rings. The Kier molecular flexibility index (Phi) is 13.4. The molecule has 2 N–H and O–H groups in total. The van der Waals surface area contributed by atoms with Crippen LogP contribution in [0, 0.1) is 19.8 Å². The van der Waals surface area contributed by atoms with Crippen molar-refractivity contribution in [2.24, 2.45) is 5.92 Å². The molecule has 3 amide bonds. The first-order valence-electron chi connectivity index (χ1n) is 15.1. The van der Waals surface area contributed by atoms with Crippen LogP contribution in [0.4, 0.5) is 10.5 Å². The maximum Gasteiger partial charge on any atom is 0.408 e. The predicted octanol–water partition coefficient (Wildman–Crippen LogP) is 7.34. The fourth-order valence-corrected chi connectivity index (χ4v) is 4.78. The fraction of sp³-hybridized carbons (Fsp3) is 0.559. The minimum atomic E-state index is -0.910. The van der Waals surface area contributed by atoms with Gasteiger partial charge in [0.2, 0.25) is 5.91 Å². The van der Waals surface area contributed by atoms with Crippen LogP contribution in [0.25, 0.3) is 0 Å². The first-order valence-corrected chi connectivity index (χ1v) is 15.1. The van der Waals surface area contributed by atoms with Crippen LogP contribution in [0.1, 0.15) is 96.4 Å². The molecule has 0 radical (unpaired) electrons. The molecule has 2 atom stereocenters. The number of ether oxygens (including phenoxy) is 2. The van der Waals surface area contributed by atoms with Crippen LogP contribution in [-0.2, 0) is 14.3 Å². The Hall–Kier alpha value is -3.55. The van der Waals surface area contributed by atoms with Gasteiger partial charge in [0, 0.05) is 12.2 Å². The maximum atomic E-state index is 14.4. The average Bonchev–Trinajstić information content (AvgIpc) is 2.92. The van der Waals surface area contributed by atoms with E-state index in [4.69, 9.17) is 9.47 Å². The lowest BCUT2D eigenvalue weighted by Gasteiger charge is -2.36. The van der Waals surface area contributed by atoms with Crippen LogP contribution in [0.5, 0.6) is 5.75 Å². The molecule has 0 aliphatic heterocycles. The van der Waals surface area contributed by atoms with Crippen LogP contribution in [0.2, 0.25) is 0 Å². The van der Waals surface area contributed by atoms with Crippen molar-refractivity contribution in [3.8, 4) is 5.75 Å². The van der Waals surface area contributed by atoms with Gasteiger partial charge in [0.05, 0.1) is 7.11 Å². The summed E-state index contributed by atoms with van der Waals surface area (Å²) in [7, 11) is 1.59. The summed E-state index contributed by atoms with van der Waals surface area (Å²) in [5.74, 6) is -0.204. The average molecular weight is 582 g/mol. The second kappa shape index (κ2) is 16.2. The Morgan fingerprint density at radius 1 is 0.929 bits per heavy atom. The number of aryl methyl sites for hydroxylation is 1. The Bertz CT molecular complexity index is 1170. The fourth-order valence-electron chi connectivity index (χ4n) is 4.78. The van der Waals surface area contributed by atoms with Gasteiger partial charge in [0.25, 0.3) is 5.91 Å². The number of methoxy groups -OCH3 is 1. The van der Waals surface area contributed by atoms with E-state index in [1.165, 1.54) is 0 Å². The van der Waals surface area contributed by atoms with Crippen molar-refractivity contribution >= 4 is 23.6 Å². The predicted molar refractivity (Wildman–Crippen MR) is 169 cm³/mol. The van der Waals surface area contributed by atoms with Gasteiger partial charge in [0.15, 0.2) is 0 Å². The minimum Gasteiger partial charge on any atom is -0.497 e. The van der Waals surface area contributed by atoms with Crippen molar-refractivity contribution in [1.29, 1.82) is 0 Å². The smallest absolute Gasteiger partial charge is 0.408 e. The van der Waals surface area contributed by atoms with Crippen molar-refractivity contribution in [1.82, 2.24) is 10.2 Å². The number of carbonyl (C=O) groups excluding carboxylic acids is 3. The van der Waals surface area contributed by atoms with E-state index in [0.29, 0.717) is 18.0 Å². The summed E-state index contributed by atoms with van der Waals surface area (Å²) in [6.07, 6.45) is 4.27. The zero-order valence-corrected chi connectivity index (χ0v) is 27.0. The molecule has 42 heavy (non-hydrogen) atoms. The largest absolute Gasteiger partial charge is 0.497 e. The summed E-state index contributed by atoms with van der Waals surface area (Å²) < 4.78 is 10.8. The first kappa shape index (κ1) is 34.7. The van der Waals surface area contributed by atoms with Crippen LogP contribution in [0.3, 0.4) is 0 Å². The number of nitrogens with zero attached hydrogens (tertiary/aromatic N) is 1. The quantitative estimate of drug-likeness (QED) is 0.228. The second-order valence-corrected chi connectivity index (χ2v) is 12.2. The standard InChI is InChI=1S/C34H51N3O5/c1-10-11-12-13-14-22-37(32(39)29(23(2)3)36-33(40)42-34(6,7)8)30(28-17-15-16-24(4)25(28)5)31(38)35-26-18-20-27(41-9)21-19-26/h15-21,23,29-30H,10-14,22H2,1-9H3,(H,35,38)(H,36,40). The van der Waals surface area contributed by atoms with E-state index in [9.17, 15) is 14.4 Å². The molecule has 0 bridgehead atoms. The molecule has 232 valence electrons. The molecule has 0 aliphatic carbocycles. The number of hydrogen-bond acceptors (Lipinski definition) is 5. The molecule has 0 saturated heterocycles. The van der Waals surface area contributed by atoms with Gasteiger partial charge in [-0.15, -0.1) is 0 Å². The third kappa shape index (κ3) is 10.4. The molecule has 0 aromatic heterocycles. The van der Waals surface area contributed by atoms with E-state index < -0.39 is 23.8 Å². The van der Waals surface area contributed by atoms with Crippen molar-refractivity contribution in [3.05, 3.63) is 59.2 Å². The molecule has 0 heterocycles. The van der Waals surface area contributed by atoms with Gasteiger partial charge in [-0.05, 0) is 87.9 Å². The number of hydrogen-bond donors (Lipinski definition) is 2. The Labute approximate surface area is 252 Å². The van der Waals surface area contributed by atoms with Gasteiger partial charge in [-0.2, -0.15) is 0 Å². The number of rotatable bonds is 14. The van der Waals surface area contributed by atoms with E-state index in [1.807, 2.05) is 45.9 Å². The number of unbranched alkanes of at least 4 members (excludes halogenated alkanes) is 4. The maximum absolute atomic E-state index is 14.4. The van der Waals surface area contributed by atoms with E-state index in [2.05, 4.69) is 17.6 Å². The molecule has 0 aliphatic rings. The van der Waals surface area contributed by atoms with Gasteiger partial charge >= 0.3 is 6.09 Å². The Balaban J connectivity index is 2.56. The minimum absolute atomic E-state index is 0.239. The molecule has 2 unspecified atom stereocenters. The van der Waals surface area contributed by atoms with E-state index in [0.717, 1.165) is 48.8 Å². The van der Waals surface area contributed by atoms with Gasteiger partial charge in [-0.1, -0.05) is 64.7 Å². The van der Waals surface area contributed by atoms with Gasteiger partial charge < -0.3 is 25.0 Å². The van der Waals surface area contributed by atoms with Gasteiger partial charge in [-0.25, -0.2) is 4.79 Å². The summed E-state index contributed by atoms with van der Waals surface area (Å²) in [6, 6.07) is 11.1. The lowest BCUT2D eigenvalue weighted by atomic mass is 9.93. The zero-order valence-electron chi connectivity index (χ0n) is 27.0. The number of anilines is 1. The number of carbonyl (C=O) groups is 3. The highest BCUT2D eigenvalue weighted by Gasteiger charge is 2.38. The molecule has 2 rings (SSSR count). The van der Waals surface area contributed by atoms with Gasteiger partial charge in [0.1, 0.15) is 23.4 Å². The molecule has 8 nitrogen and oxygen atoms in total. The summed E-state index contributed by atoms with van der Waals surface area (Å²) in [5, 5.41) is 5.82. The SMILES string of the molecule is CCCCCCCN(C(=O)C(NC(=O)OC(C)(C)C)C(C)C)C(C(=O)Nc1ccc(OC)cc1)c1cccc(C)c1C. The Morgan fingerprint density at radius 2 is 1.57 bits per heavy atom. The van der Waals surface area contributed by atoms with Crippen molar-refractivity contribution < 1.29 is 23.9 Å². The first-order chi connectivity index (χ1) is 19.8. The van der Waals surface area contributed by atoms with Crippen LogP contribution >= 0.6 is 0 Å². The molecule has 2 aromatic rings. The molecule has 2 aromatic carbocycles. The summed E-state index contributed by atoms with van der Waals surface area (Å²) in [6.45, 7) is 15.6. The summed E-state index contributed by atoms with van der Waals surface area (Å²) >= 11 is 0. The zero-order chi connectivity index (χ0) is 31.4. The van der Waals surface area contributed by atoms with Crippen molar-refractivity contribution in [2.75, 3.05) is 19.0 Å². The van der Waals surface area contributed by atoms with E-state index >= 15 is 0 Å². The highest BCUT2D eigenvalue weighted by Crippen LogP contribution is 2.30. The third-order valence-corrected chi connectivity index (χ3v) is 7.25. The van der Waals surface area contributed by atoms with Crippen molar-refractivity contribution in [3.63, 3.8) is 0 Å². The normalized spacial score (nSPS) is 12.8. The van der Waals surface area contributed by atoms with Gasteiger partial charge in [-0.3, -0.25) is 9.59 Å².